The van der Waals surface area contributed by atoms with Crippen LogP contribution in [0.25, 0.3) is 0 Å². The van der Waals surface area contributed by atoms with E-state index in [2.05, 4.69) is 29.9 Å². The molecular weight excluding hydrogens is 304 g/mol. The first-order valence-corrected chi connectivity index (χ1v) is 7.32. The molecule has 0 unspecified atom stereocenters. The molecule has 0 saturated carbocycles. The first-order valence-electron chi connectivity index (χ1n) is 6.55. The Hall–Kier alpha value is -2.36. The van der Waals surface area contributed by atoms with Crippen molar-refractivity contribution in [1.29, 1.82) is 0 Å². The van der Waals surface area contributed by atoms with Crippen LogP contribution in [0.1, 0.15) is 21.2 Å². The second-order valence-corrected chi connectivity index (χ2v) is 5.76. The van der Waals surface area contributed by atoms with Crippen molar-refractivity contribution < 1.29 is 4.79 Å². The summed E-state index contributed by atoms with van der Waals surface area (Å²) in [7, 11) is 7.40. The first-order chi connectivity index (χ1) is 10.4. The smallest absolute Gasteiger partial charge is 0.265 e. The average molecular weight is 322 g/mol. The van der Waals surface area contributed by atoms with Gasteiger partial charge in [-0.25, -0.2) is 0 Å². The zero-order chi connectivity index (χ0) is 16.3. The van der Waals surface area contributed by atoms with E-state index in [0.29, 0.717) is 28.3 Å². The zero-order valence-electron chi connectivity index (χ0n) is 13.2. The number of hydrogen-bond donors (Lipinski definition) is 1. The van der Waals surface area contributed by atoms with E-state index in [1.807, 2.05) is 28.2 Å². The molecule has 0 aliphatic heterocycles. The summed E-state index contributed by atoms with van der Waals surface area (Å²) in [6.45, 7) is 1.95. The van der Waals surface area contributed by atoms with Crippen LogP contribution in [0.2, 0.25) is 0 Å². The highest BCUT2D eigenvalue weighted by atomic mass is 32.1. The third kappa shape index (κ3) is 3.64. The van der Waals surface area contributed by atoms with Crippen molar-refractivity contribution in [2.75, 3.05) is 38.0 Å². The number of nitrogens with one attached hydrogen (secondary N) is 1. The number of rotatable bonds is 5. The SMILES string of the molecule is Cc1nnsc1C(=O)NCc1nc(N(C)C)nc(N(C)C)n1. The van der Waals surface area contributed by atoms with Gasteiger partial charge in [0.25, 0.3) is 5.91 Å². The van der Waals surface area contributed by atoms with Crippen LogP contribution >= 0.6 is 11.5 Å². The number of hydrogen-bond acceptors (Lipinski definition) is 9. The molecule has 10 heteroatoms. The molecule has 0 bridgehead atoms. The molecule has 2 heterocycles. The van der Waals surface area contributed by atoms with Crippen LogP contribution in [0.4, 0.5) is 11.9 Å². The lowest BCUT2D eigenvalue weighted by atomic mass is 10.4. The first kappa shape index (κ1) is 16.0. The topological polar surface area (TPSA) is 100 Å². The van der Waals surface area contributed by atoms with Crippen molar-refractivity contribution in [3.05, 3.63) is 16.4 Å². The van der Waals surface area contributed by atoms with Gasteiger partial charge in [-0.3, -0.25) is 4.79 Å². The van der Waals surface area contributed by atoms with Crippen LogP contribution in [-0.2, 0) is 6.54 Å². The lowest BCUT2D eigenvalue weighted by Crippen LogP contribution is -2.26. The maximum atomic E-state index is 12.1. The van der Waals surface area contributed by atoms with Gasteiger partial charge in [-0.1, -0.05) is 4.49 Å². The summed E-state index contributed by atoms with van der Waals surface area (Å²) in [4.78, 5) is 29.1. The van der Waals surface area contributed by atoms with Gasteiger partial charge in [0.2, 0.25) is 11.9 Å². The third-order valence-corrected chi connectivity index (χ3v) is 3.55. The van der Waals surface area contributed by atoms with Gasteiger partial charge in [-0.2, -0.15) is 15.0 Å². The molecule has 2 aromatic rings. The third-order valence-electron chi connectivity index (χ3n) is 2.72. The average Bonchev–Trinajstić information content (AvgIpc) is 2.90. The molecule has 0 aliphatic carbocycles. The fourth-order valence-corrected chi connectivity index (χ4v) is 2.13. The maximum absolute atomic E-state index is 12.1. The Morgan fingerprint density at radius 3 is 2.14 bits per heavy atom. The number of carbonyl (C=O) groups excluding carboxylic acids is 1. The van der Waals surface area contributed by atoms with Gasteiger partial charge in [-0.05, 0) is 18.5 Å². The summed E-state index contributed by atoms with van der Waals surface area (Å²) in [6, 6.07) is 0. The van der Waals surface area contributed by atoms with Crippen LogP contribution in [-0.4, -0.2) is 58.6 Å². The minimum Gasteiger partial charge on any atom is -0.347 e. The van der Waals surface area contributed by atoms with Crippen LogP contribution in [0, 0.1) is 6.92 Å². The number of anilines is 2. The number of carbonyl (C=O) groups is 1. The Morgan fingerprint density at radius 2 is 1.68 bits per heavy atom. The Kier molecular flexibility index (Phi) is 4.81. The van der Waals surface area contributed by atoms with Crippen molar-refractivity contribution in [2.45, 2.75) is 13.5 Å². The van der Waals surface area contributed by atoms with Gasteiger partial charge in [0.15, 0.2) is 5.82 Å². The number of amides is 1. The Bertz CT molecular complexity index is 643. The molecule has 0 aromatic carbocycles. The predicted octanol–water partition coefficient (Wildman–Crippen LogP) is 0.0935. The van der Waals surface area contributed by atoms with Crippen LogP contribution < -0.4 is 15.1 Å². The highest BCUT2D eigenvalue weighted by Gasteiger charge is 2.15. The standard InChI is InChI=1S/C12H18N8OS/c1-7-9(22-18-17-7)10(21)13-6-8-14-11(19(2)3)16-12(15-8)20(4)5/h6H2,1-5H3,(H,13,21). The molecule has 118 valence electrons. The fourth-order valence-electron chi connectivity index (χ4n) is 1.55. The Labute approximate surface area is 132 Å². The van der Waals surface area contributed by atoms with Crippen LogP contribution in [0.15, 0.2) is 0 Å². The largest absolute Gasteiger partial charge is 0.347 e. The highest BCUT2D eigenvalue weighted by Crippen LogP contribution is 2.11. The quantitative estimate of drug-likeness (QED) is 0.827. The second-order valence-electron chi connectivity index (χ2n) is 5.01. The minimum absolute atomic E-state index is 0.209. The molecule has 0 saturated heterocycles. The number of aromatic nitrogens is 5. The van der Waals surface area contributed by atoms with Crippen molar-refractivity contribution in [1.82, 2.24) is 29.9 Å². The van der Waals surface area contributed by atoms with E-state index < -0.39 is 0 Å². The Morgan fingerprint density at radius 1 is 1.09 bits per heavy atom. The molecular formula is C12H18N8OS. The molecule has 0 spiro atoms. The Balaban J connectivity index is 2.15. The fraction of sp³-hybridized carbons (Fsp3) is 0.500. The minimum atomic E-state index is -0.231. The van der Waals surface area contributed by atoms with Crippen molar-refractivity contribution in [3.8, 4) is 0 Å². The van der Waals surface area contributed by atoms with E-state index in [9.17, 15) is 4.79 Å². The molecule has 9 nitrogen and oxygen atoms in total. The van der Waals surface area contributed by atoms with E-state index in [0.717, 1.165) is 11.5 Å². The molecule has 1 N–H and O–H groups in total. The summed E-state index contributed by atoms with van der Waals surface area (Å²) in [5.41, 5.74) is 0.612. The van der Waals surface area contributed by atoms with Crippen molar-refractivity contribution in [2.24, 2.45) is 0 Å². The second kappa shape index (κ2) is 6.60. The lowest BCUT2D eigenvalue weighted by Gasteiger charge is -2.16. The molecule has 0 radical (unpaired) electrons. The molecule has 0 aliphatic rings. The van der Waals surface area contributed by atoms with Crippen molar-refractivity contribution >= 4 is 29.3 Å². The highest BCUT2D eigenvalue weighted by molar-refractivity contribution is 7.07. The van der Waals surface area contributed by atoms with Gasteiger partial charge in [0.1, 0.15) is 4.88 Å². The number of nitrogens with zero attached hydrogens (tertiary/aromatic N) is 7. The van der Waals surface area contributed by atoms with Gasteiger partial charge in [0, 0.05) is 28.2 Å². The van der Waals surface area contributed by atoms with E-state index in [1.54, 1.807) is 16.7 Å². The summed E-state index contributed by atoms with van der Waals surface area (Å²) in [5.74, 6) is 1.34. The van der Waals surface area contributed by atoms with E-state index in [-0.39, 0.29) is 12.5 Å². The normalized spacial score (nSPS) is 10.4. The maximum Gasteiger partial charge on any atom is 0.265 e. The van der Waals surface area contributed by atoms with Gasteiger partial charge in [-0.15, -0.1) is 5.10 Å². The number of aryl methyl sites for hydroxylation is 1. The summed E-state index contributed by atoms with van der Waals surface area (Å²) >= 11 is 1.07. The molecule has 0 fully saturated rings. The molecule has 2 rings (SSSR count). The van der Waals surface area contributed by atoms with Gasteiger partial charge >= 0.3 is 0 Å². The van der Waals surface area contributed by atoms with E-state index in [1.165, 1.54) is 0 Å². The van der Waals surface area contributed by atoms with Crippen LogP contribution in [0.3, 0.4) is 0 Å². The summed E-state index contributed by atoms with van der Waals surface area (Å²) < 4.78 is 3.75. The van der Waals surface area contributed by atoms with Gasteiger partial charge in [0.05, 0.1) is 12.2 Å². The molecule has 2 aromatic heterocycles. The lowest BCUT2D eigenvalue weighted by molar-refractivity contribution is 0.0953. The molecule has 22 heavy (non-hydrogen) atoms. The molecule has 1 amide bonds. The van der Waals surface area contributed by atoms with E-state index in [4.69, 9.17) is 0 Å². The predicted molar refractivity (Wildman–Crippen MR) is 84.3 cm³/mol. The summed E-state index contributed by atoms with van der Waals surface area (Å²) in [6.07, 6.45) is 0. The molecule has 0 atom stereocenters. The van der Waals surface area contributed by atoms with Gasteiger partial charge < -0.3 is 15.1 Å². The van der Waals surface area contributed by atoms with Crippen molar-refractivity contribution in [3.63, 3.8) is 0 Å². The zero-order valence-corrected chi connectivity index (χ0v) is 14.0. The van der Waals surface area contributed by atoms with E-state index >= 15 is 0 Å². The summed E-state index contributed by atoms with van der Waals surface area (Å²) in [5, 5.41) is 6.60. The monoisotopic (exact) mass is 322 g/mol. The van der Waals surface area contributed by atoms with Crippen LogP contribution in [0.5, 0.6) is 0 Å².